The second kappa shape index (κ2) is 5.31. The summed E-state index contributed by atoms with van der Waals surface area (Å²) in [6.45, 7) is 6.68. The molecular weight excluding hydrogens is 270 g/mol. The Kier molecular flexibility index (Phi) is 3.63. The summed E-state index contributed by atoms with van der Waals surface area (Å²) in [5.41, 5.74) is 1.02. The number of carbonyl (C=O) groups excluding carboxylic acids is 1. The Hall–Kier alpha value is -1.59. The fraction of sp³-hybridized carbons (Fsp3) is 0.562. The van der Waals surface area contributed by atoms with Gasteiger partial charge in [0.15, 0.2) is 0 Å². The van der Waals surface area contributed by atoms with E-state index in [1.165, 1.54) is 0 Å². The Balaban J connectivity index is 1.45. The first-order valence-corrected chi connectivity index (χ1v) is 7.22. The quantitative estimate of drug-likeness (QED) is 0.839. The van der Waals surface area contributed by atoms with E-state index in [0.717, 1.165) is 5.56 Å². The number of benzene rings is 1. The van der Waals surface area contributed by atoms with Crippen LogP contribution in [0, 0.1) is 5.41 Å². The van der Waals surface area contributed by atoms with Crippen molar-refractivity contribution in [3.8, 4) is 0 Å². The molecule has 0 bridgehead atoms. The summed E-state index contributed by atoms with van der Waals surface area (Å²) in [4.78, 5) is 13.6. The van der Waals surface area contributed by atoms with Gasteiger partial charge < -0.3 is 14.2 Å². The lowest BCUT2D eigenvalue weighted by molar-refractivity contribution is -0.339. The second-order valence-electron chi connectivity index (χ2n) is 6.55. The first-order chi connectivity index (χ1) is 9.98. The zero-order chi connectivity index (χ0) is 14.9. The predicted octanol–water partition coefficient (Wildman–Crippen LogP) is 2.41. The Bertz CT molecular complexity index is 496. The Morgan fingerprint density at radius 2 is 1.81 bits per heavy atom. The van der Waals surface area contributed by atoms with Gasteiger partial charge in [0, 0.05) is 5.41 Å². The average molecular weight is 291 g/mol. The number of hydrogen-bond acceptors (Lipinski definition) is 4. The van der Waals surface area contributed by atoms with Gasteiger partial charge in [0.2, 0.25) is 5.79 Å². The van der Waals surface area contributed by atoms with Crippen molar-refractivity contribution in [2.75, 3.05) is 26.3 Å². The normalized spacial score (nSPS) is 22.7. The number of carbonyl (C=O) groups is 1. The summed E-state index contributed by atoms with van der Waals surface area (Å²) in [6.07, 6.45) is -0.318. The van der Waals surface area contributed by atoms with Gasteiger partial charge in [-0.15, -0.1) is 0 Å². The Morgan fingerprint density at radius 3 is 2.43 bits per heavy atom. The zero-order valence-electron chi connectivity index (χ0n) is 12.5. The third-order valence-corrected chi connectivity index (χ3v) is 3.78. The molecular formula is C16H21NO4. The average Bonchev–Trinajstić information content (AvgIpc) is 2.44. The molecule has 0 saturated carbocycles. The van der Waals surface area contributed by atoms with Crippen LogP contribution in [0.3, 0.4) is 0 Å². The molecule has 1 spiro atoms. The second-order valence-corrected chi connectivity index (χ2v) is 6.55. The van der Waals surface area contributed by atoms with Crippen LogP contribution in [0.15, 0.2) is 30.3 Å². The Morgan fingerprint density at radius 1 is 1.19 bits per heavy atom. The summed E-state index contributed by atoms with van der Waals surface area (Å²) < 4.78 is 16.9. The fourth-order valence-electron chi connectivity index (χ4n) is 2.39. The molecule has 3 rings (SSSR count). The van der Waals surface area contributed by atoms with E-state index in [1.807, 2.05) is 30.3 Å². The molecule has 2 aliphatic heterocycles. The van der Waals surface area contributed by atoms with Gasteiger partial charge in [-0.3, -0.25) is 4.90 Å². The van der Waals surface area contributed by atoms with Crippen molar-refractivity contribution in [1.82, 2.24) is 4.90 Å². The molecule has 2 heterocycles. The number of rotatable bonds is 2. The van der Waals surface area contributed by atoms with E-state index in [-0.39, 0.29) is 18.1 Å². The summed E-state index contributed by atoms with van der Waals surface area (Å²) in [7, 11) is 0. The highest BCUT2D eigenvalue weighted by Gasteiger charge is 2.52. The highest BCUT2D eigenvalue weighted by atomic mass is 16.7. The largest absolute Gasteiger partial charge is 0.445 e. The van der Waals surface area contributed by atoms with Gasteiger partial charge >= 0.3 is 6.09 Å². The van der Waals surface area contributed by atoms with Crippen LogP contribution in [-0.4, -0.2) is 43.1 Å². The lowest BCUT2D eigenvalue weighted by Crippen LogP contribution is -2.69. The number of ether oxygens (including phenoxy) is 3. The minimum Gasteiger partial charge on any atom is -0.445 e. The molecule has 5 nitrogen and oxygen atoms in total. The number of amides is 1. The third kappa shape index (κ3) is 3.19. The summed E-state index contributed by atoms with van der Waals surface area (Å²) in [5.74, 6) is -0.610. The number of likely N-dealkylation sites (tertiary alicyclic amines) is 1. The zero-order valence-corrected chi connectivity index (χ0v) is 12.5. The molecule has 1 aromatic rings. The molecule has 0 atom stereocenters. The van der Waals surface area contributed by atoms with Crippen LogP contribution in [0.2, 0.25) is 0 Å². The molecule has 114 valence electrons. The number of hydrogen-bond donors (Lipinski definition) is 0. The molecule has 2 saturated heterocycles. The van der Waals surface area contributed by atoms with Gasteiger partial charge in [0.05, 0.1) is 26.3 Å². The summed E-state index contributed by atoms with van der Waals surface area (Å²) >= 11 is 0. The lowest BCUT2D eigenvalue weighted by Gasteiger charge is -2.52. The van der Waals surface area contributed by atoms with E-state index in [2.05, 4.69) is 13.8 Å². The van der Waals surface area contributed by atoms with Crippen molar-refractivity contribution in [2.45, 2.75) is 26.2 Å². The van der Waals surface area contributed by atoms with Crippen LogP contribution in [-0.2, 0) is 20.8 Å². The maximum absolute atomic E-state index is 11.9. The maximum atomic E-state index is 11.9. The van der Waals surface area contributed by atoms with E-state index >= 15 is 0 Å². The van der Waals surface area contributed by atoms with Crippen LogP contribution in [0.4, 0.5) is 4.79 Å². The van der Waals surface area contributed by atoms with Gasteiger partial charge in [-0.1, -0.05) is 44.2 Å². The molecule has 0 aromatic heterocycles. The molecule has 1 amide bonds. The first kappa shape index (κ1) is 14.4. The molecule has 2 aliphatic rings. The van der Waals surface area contributed by atoms with Crippen molar-refractivity contribution >= 4 is 6.09 Å². The topological polar surface area (TPSA) is 48.0 Å². The van der Waals surface area contributed by atoms with Gasteiger partial charge in [0.1, 0.15) is 6.61 Å². The van der Waals surface area contributed by atoms with Gasteiger partial charge in [0.25, 0.3) is 0 Å². The molecule has 5 heteroatoms. The van der Waals surface area contributed by atoms with E-state index in [1.54, 1.807) is 4.90 Å². The van der Waals surface area contributed by atoms with Crippen molar-refractivity contribution in [1.29, 1.82) is 0 Å². The minimum atomic E-state index is -0.610. The van der Waals surface area contributed by atoms with E-state index in [9.17, 15) is 4.79 Å². The van der Waals surface area contributed by atoms with E-state index in [0.29, 0.717) is 26.3 Å². The lowest BCUT2D eigenvalue weighted by atomic mass is 9.93. The maximum Gasteiger partial charge on any atom is 0.410 e. The molecule has 0 N–H and O–H groups in total. The standard InChI is InChI=1S/C16H21NO4/c1-15(2)11-20-16(21-12-15)9-17(10-16)14(18)19-8-13-6-4-3-5-7-13/h3-7H,8-12H2,1-2H3. The first-order valence-electron chi connectivity index (χ1n) is 7.22. The molecule has 0 unspecified atom stereocenters. The molecule has 1 aromatic carbocycles. The van der Waals surface area contributed by atoms with Crippen LogP contribution >= 0.6 is 0 Å². The van der Waals surface area contributed by atoms with Crippen LogP contribution < -0.4 is 0 Å². The van der Waals surface area contributed by atoms with Crippen molar-refractivity contribution in [3.63, 3.8) is 0 Å². The van der Waals surface area contributed by atoms with Gasteiger partial charge in [-0.2, -0.15) is 0 Å². The third-order valence-electron chi connectivity index (χ3n) is 3.78. The highest BCUT2D eigenvalue weighted by Crippen LogP contribution is 2.35. The van der Waals surface area contributed by atoms with E-state index < -0.39 is 5.79 Å². The monoisotopic (exact) mass is 291 g/mol. The smallest absolute Gasteiger partial charge is 0.410 e. The predicted molar refractivity (Wildman–Crippen MR) is 76.6 cm³/mol. The van der Waals surface area contributed by atoms with Crippen LogP contribution in [0.1, 0.15) is 19.4 Å². The minimum absolute atomic E-state index is 0.0412. The summed E-state index contributed by atoms with van der Waals surface area (Å²) in [6, 6.07) is 9.64. The van der Waals surface area contributed by atoms with Crippen LogP contribution in [0.25, 0.3) is 0 Å². The highest BCUT2D eigenvalue weighted by molar-refractivity contribution is 5.69. The van der Waals surface area contributed by atoms with Crippen LogP contribution in [0.5, 0.6) is 0 Å². The van der Waals surface area contributed by atoms with Gasteiger partial charge in [-0.05, 0) is 5.56 Å². The number of nitrogens with zero attached hydrogens (tertiary/aromatic N) is 1. The van der Waals surface area contributed by atoms with Crippen molar-refractivity contribution < 1.29 is 19.0 Å². The molecule has 0 radical (unpaired) electrons. The molecule has 21 heavy (non-hydrogen) atoms. The van der Waals surface area contributed by atoms with E-state index in [4.69, 9.17) is 14.2 Å². The molecule has 2 fully saturated rings. The fourth-order valence-corrected chi connectivity index (χ4v) is 2.39. The summed E-state index contributed by atoms with van der Waals surface area (Å²) in [5, 5.41) is 0. The van der Waals surface area contributed by atoms with Gasteiger partial charge in [-0.25, -0.2) is 4.79 Å². The SMILES string of the molecule is CC1(C)COC2(CN(C(=O)OCc3ccccc3)C2)OC1. The Labute approximate surface area is 124 Å². The van der Waals surface area contributed by atoms with Crippen molar-refractivity contribution in [3.05, 3.63) is 35.9 Å². The van der Waals surface area contributed by atoms with Crippen molar-refractivity contribution in [2.24, 2.45) is 5.41 Å². The molecule has 0 aliphatic carbocycles.